The zero-order chi connectivity index (χ0) is 46.8. The number of allylic oxidation sites excluding steroid dienone is 8. The second kappa shape index (κ2) is 42.4. The number of carbonyl (C=O) groups is 1. The van der Waals surface area contributed by atoms with E-state index >= 15 is 0 Å². The van der Waals surface area contributed by atoms with Crippen molar-refractivity contribution in [2.75, 3.05) is 26.4 Å². The molecular weight excluding hydrogens is 837 g/mol. The number of hydrogen-bond acceptors (Lipinski definition) is 11. The fourth-order valence-corrected chi connectivity index (χ4v) is 8.07. The summed E-state index contributed by atoms with van der Waals surface area (Å²) in [6.45, 7) is 3.94. The van der Waals surface area contributed by atoms with Crippen LogP contribution in [0.15, 0.2) is 48.6 Å². The van der Waals surface area contributed by atoms with Crippen molar-refractivity contribution in [2.45, 2.75) is 243 Å². The molecule has 374 valence electrons. The lowest BCUT2D eigenvalue weighted by Gasteiger charge is -2.41. The zero-order valence-electron chi connectivity index (χ0n) is 40.1. The summed E-state index contributed by atoms with van der Waals surface area (Å²) in [6, 6.07) is 0. The maximum atomic E-state index is 12.9. The molecule has 1 fully saturated rings. The van der Waals surface area contributed by atoms with Gasteiger partial charge in [-0.2, -0.15) is 8.42 Å². The molecule has 1 heterocycles. The van der Waals surface area contributed by atoms with Crippen LogP contribution in [-0.4, -0.2) is 97.5 Å². The van der Waals surface area contributed by atoms with E-state index in [4.69, 9.17) is 18.9 Å². The maximum absolute atomic E-state index is 12.9. The summed E-state index contributed by atoms with van der Waals surface area (Å²) < 4.78 is 59.2. The Morgan fingerprint density at radius 2 is 1.03 bits per heavy atom. The summed E-state index contributed by atoms with van der Waals surface area (Å²) >= 11 is 0. The third-order valence-electron chi connectivity index (χ3n) is 11.4. The lowest BCUT2D eigenvalue weighted by molar-refractivity contribution is -0.301. The smallest absolute Gasteiger partial charge is 0.397 e. The standard InChI is InChI=1S/C51H92O12S/c1-3-5-7-9-11-13-15-17-19-21-22-23-25-27-29-31-33-35-37-39-41-59-43-45(44-60-51-49(55)50(63-64(56,57)58)48(54)46(42-52)62-51)61-47(53)40-38-36-34-32-30-28-26-24-20-18-16-14-12-10-8-6-4-2/h11-14,17-20,45-46,48-52,54-55H,3-10,15-16,21-44H2,1-2H3,(H,56,57,58)/b13-11-,14-12-,19-17-,20-18-. The predicted molar refractivity (Wildman–Crippen MR) is 257 cm³/mol. The van der Waals surface area contributed by atoms with E-state index in [0.29, 0.717) is 13.0 Å². The predicted octanol–water partition coefficient (Wildman–Crippen LogP) is 11.5. The molecule has 64 heavy (non-hydrogen) atoms. The molecule has 0 bridgehead atoms. The quantitative estimate of drug-likeness (QED) is 0.0197. The van der Waals surface area contributed by atoms with E-state index in [1.54, 1.807) is 0 Å². The minimum atomic E-state index is -5.07. The van der Waals surface area contributed by atoms with Crippen LogP contribution < -0.4 is 0 Å². The topological polar surface area (TPSA) is 178 Å². The van der Waals surface area contributed by atoms with E-state index in [2.05, 4.69) is 66.6 Å². The average Bonchev–Trinajstić information content (AvgIpc) is 3.27. The van der Waals surface area contributed by atoms with Crippen molar-refractivity contribution in [3.63, 3.8) is 0 Å². The van der Waals surface area contributed by atoms with Gasteiger partial charge in [-0.25, -0.2) is 4.18 Å². The van der Waals surface area contributed by atoms with Crippen molar-refractivity contribution in [1.82, 2.24) is 0 Å². The average molecular weight is 929 g/mol. The Kier molecular flexibility index (Phi) is 39.8. The van der Waals surface area contributed by atoms with Gasteiger partial charge in [0.2, 0.25) is 0 Å². The number of esters is 1. The number of unbranched alkanes of at least 4 members (excludes halogenated alkanes) is 23. The molecule has 12 nitrogen and oxygen atoms in total. The van der Waals surface area contributed by atoms with Gasteiger partial charge in [0.25, 0.3) is 0 Å². The van der Waals surface area contributed by atoms with Gasteiger partial charge >= 0.3 is 16.4 Å². The molecule has 1 aliphatic rings. The number of aliphatic hydroxyl groups is 3. The van der Waals surface area contributed by atoms with Gasteiger partial charge in [0, 0.05) is 13.0 Å². The Hall–Kier alpha value is -1.94. The molecule has 6 atom stereocenters. The van der Waals surface area contributed by atoms with Crippen molar-refractivity contribution in [2.24, 2.45) is 0 Å². The Morgan fingerprint density at radius 3 is 1.48 bits per heavy atom. The van der Waals surface area contributed by atoms with E-state index in [1.807, 2.05) is 0 Å². The summed E-state index contributed by atoms with van der Waals surface area (Å²) in [5.41, 5.74) is 0. The van der Waals surface area contributed by atoms with Crippen molar-refractivity contribution in [3.05, 3.63) is 48.6 Å². The lowest BCUT2D eigenvalue weighted by atomic mass is 9.99. The van der Waals surface area contributed by atoms with Crippen LogP contribution in [0.5, 0.6) is 0 Å². The third kappa shape index (κ3) is 35.3. The molecule has 1 rings (SSSR count). The van der Waals surface area contributed by atoms with Gasteiger partial charge in [0.1, 0.15) is 30.5 Å². The van der Waals surface area contributed by atoms with E-state index in [0.717, 1.165) is 57.8 Å². The number of rotatable bonds is 44. The molecule has 4 N–H and O–H groups in total. The Bertz CT molecular complexity index is 1300. The van der Waals surface area contributed by atoms with Crippen LogP contribution in [0.1, 0.15) is 206 Å². The number of ether oxygens (including phenoxy) is 4. The number of carbonyl (C=O) groups excluding carboxylic acids is 1. The summed E-state index contributed by atoms with van der Waals surface area (Å²) in [4.78, 5) is 12.9. The third-order valence-corrected chi connectivity index (χ3v) is 11.9. The maximum Gasteiger partial charge on any atom is 0.397 e. The molecule has 0 aromatic carbocycles. The van der Waals surface area contributed by atoms with Gasteiger partial charge in [-0.3, -0.25) is 9.35 Å². The normalized spacial score (nSPS) is 20.1. The highest BCUT2D eigenvalue weighted by atomic mass is 32.3. The van der Waals surface area contributed by atoms with Crippen molar-refractivity contribution in [1.29, 1.82) is 0 Å². The molecule has 6 unspecified atom stereocenters. The van der Waals surface area contributed by atoms with E-state index in [-0.39, 0.29) is 19.6 Å². The van der Waals surface area contributed by atoms with Crippen LogP contribution in [0.3, 0.4) is 0 Å². The minimum absolute atomic E-state index is 0.0302. The van der Waals surface area contributed by atoms with Gasteiger partial charge in [-0.15, -0.1) is 0 Å². The Balaban J connectivity index is 2.37. The molecule has 13 heteroatoms. The van der Waals surface area contributed by atoms with Crippen LogP contribution in [0, 0.1) is 0 Å². The van der Waals surface area contributed by atoms with Gasteiger partial charge in [-0.1, -0.05) is 172 Å². The fourth-order valence-electron chi connectivity index (χ4n) is 7.56. The molecule has 0 amide bonds. The first-order chi connectivity index (χ1) is 31.1. The van der Waals surface area contributed by atoms with Gasteiger partial charge in [0.15, 0.2) is 6.29 Å². The summed E-state index contributed by atoms with van der Waals surface area (Å²) in [5, 5.41) is 30.7. The van der Waals surface area contributed by atoms with Gasteiger partial charge < -0.3 is 34.3 Å². The fraction of sp³-hybridized carbons (Fsp3) is 0.824. The SMILES string of the molecule is CCCCC/C=C\C/C=C\CCCCCCCCCCCCOCC(COC1OC(CO)C(O)C(OS(=O)(=O)O)C1O)OC(=O)CCCCCCCCC/C=C\C/C=C\CCCCC. The lowest BCUT2D eigenvalue weighted by Crippen LogP contribution is -2.60. The molecular formula is C51H92O12S. The molecule has 0 radical (unpaired) electrons. The largest absolute Gasteiger partial charge is 0.457 e. The molecule has 0 saturated carbocycles. The Labute approximate surface area is 389 Å². The van der Waals surface area contributed by atoms with E-state index < -0.39 is 59.8 Å². The van der Waals surface area contributed by atoms with Crippen molar-refractivity contribution >= 4 is 16.4 Å². The first-order valence-electron chi connectivity index (χ1n) is 25.4. The summed E-state index contributed by atoms with van der Waals surface area (Å²) in [6.07, 6.45) is 42.8. The second-order valence-corrected chi connectivity index (χ2v) is 18.4. The van der Waals surface area contributed by atoms with E-state index in [1.165, 1.54) is 122 Å². The molecule has 0 aliphatic carbocycles. The van der Waals surface area contributed by atoms with Crippen molar-refractivity contribution < 1.29 is 56.2 Å². The highest BCUT2D eigenvalue weighted by molar-refractivity contribution is 7.80. The van der Waals surface area contributed by atoms with Crippen LogP contribution in [-0.2, 0) is 38.3 Å². The summed E-state index contributed by atoms with van der Waals surface area (Å²) in [5.74, 6) is -0.408. The first kappa shape index (κ1) is 60.1. The van der Waals surface area contributed by atoms with Gasteiger partial charge in [-0.05, 0) is 77.0 Å². The van der Waals surface area contributed by atoms with Crippen LogP contribution in [0.2, 0.25) is 0 Å². The summed E-state index contributed by atoms with van der Waals surface area (Å²) in [7, 11) is -5.07. The monoisotopic (exact) mass is 929 g/mol. The molecule has 0 aromatic rings. The van der Waals surface area contributed by atoms with E-state index in [9.17, 15) is 33.1 Å². The molecule has 1 aliphatic heterocycles. The Morgan fingerprint density at radius 1 is 0.594 bits per heavy atom. The van der Waals surface area contributed by atoms with Crippen LogP contribution in [0.25, 0.3) is 0 Å². The minimum Gasteiger partial charge on any atom is -0.457 e. The molecule has 0 spiro atoms. The molecule has 1 saturated heterocycles. The first-order valence-corrected chi connectivity index (χ1v) is 26.8. The van der Waals surface area contributed by atoms with Gasteiger partial charge in [0.05, 0.1) is 19.8 Å². The number of hydrogen-bond donors (Lipinski definition) is 4. The molecule has 0 aromatic heterocycles. The van der Waals surface area contributed by atoms with Crippen LogP contribution in [0.4, 0.5) is 0 Å². The number of aliphatic hydroxyl groups excluding tert-OH is 3. The highest BCUT2D eigenvalue weighted by Crippen LogP contribution is 2.26. The second-order valence-electron chi connectivity index (χ2n) is 17.4. The highest BCUT2D eigenvalue weighted by Gasteiger charge is 2.48. The van der Waals surface area contributed by atoms with Crippen molar-refractivity contribution in [3.8, 4) is 0 Å². The zero-order valence-corrected chi connectivity index (χ0v) is 40.9. The van der Waals surface area contributed by atoms with Crippen LogP contribution >= 0.6 is 0 Å².